The Morgan fingerprint density at radius 2 is 0.797 bits per heavy atom. The fourth-order valence-electron chi connectivity index (χ4n) is 9.76. The maximum atomic E-state index is 14.7. The minimum atomic E-state index is -0.560. The molecule has 0 saturated heterocycles. The first-order chi connectivity index (χ1) is 29.2. The van der Waals surface area contributed by atoms with E-state index in [0.29, 0.717) is 0 Å². The smallest absolute Gasteiger partial charge is 0.123 e. The van der Waals surface area contributed by atoms with Gasteiger partial charge in [-0.2, -0.15) is 0 Å². The normalized spacial score (nSPS) is 12.6. The van der Waals surface area contributed by atoms with Gasteiger partial charge in [-0.1, -0.05) is 182 Å². The highest BCUT2D eigenvalue weighted by atomic mass is 19.1. The molecule has 0 atom stereocenters. The van der Waals surface area contributed by atoms with Crippen LogP contribution in [0.25, 0.3) is 54.9 Å². The maximum Gasteiger partial charge on any atom is 0.123 e. The zero-order valence-electron chi connectivity index (χ0n) is 32.3. The molecular formula is C57H38FN. The van der Waals surface area contributed by atoms with Crippen molar-refractivity contribution in [2.24, 2.45) is 0 Å². The summed E-state index contributed by atoms with van der Waals surface area (Å²) >= 11 is 0. The minimum absolute atomic E-state index is 0.269. The summed E-state index contributed by atoms with van der Waals surface area (Å²) in [7, 11) is 0. The van der Waals surface area contributed by atoms with Crippen molar-refractivity contribution < 1.29 is 4.39 Å². The molecule has 278 valence electrons. The fraction of sp³-hybridized carbons (Fsp3) is 0.0175. The molecule has 0 radical (unpaired) electrons. The second-order valence-corrected chi connectivity index (χ2v) is 15.3. The Bertz CT molecular complexity index is 3110. The summed E-state index contributed by atoms with van der Waals surface area (Å²) in [5.41, 5.74) is 14.3. The van der Waals surface area contributed by atoms with Gasteiger partial charge in [0.2, 0.25) is 0 Å². The van der Waals surface area contributed by atoms with Crippen LogP contribution in [0.5, 0.6) is 0 Å². The van der Waals surface area contributed by atoms with Gasteiger partial charge < -0.3 is 4.90 Å². The lowest BCUT2D eigenvalue weighted by Crippen LogP contribution is -2.28. The quantitative estimate of drug-likeness (QED) is 0.146. The van der Waals surface area contributed by atoms with Crippen LogP contribution in [-0.4, -0.2) is 0 Å². The lowest BCUT2D eigenvalue weighted by Gasteiger charge is -2.35. The summed E-state index contributed by atoms with van der Waals surface area (Å²) in [4.78, 5) is 2.28. The van der Waals surface area contributed by atoms with Gasteiger partial charge in [0.15, 0.2) is 0 Å². The highest BCUT2D eigenvalue weighted by Crippen LogP contribution is 2.57. The van der Waals surface area contributed by atoms with Gasteiger partial charge in [0.05, 0.1) is 5.41 Å². The van der Waals surface area contributed by atoms with E-state index >= 15 is 0 Å². The molecule has 11 rings (SSSR count). The van der Waals surface area contributed by atoms with Crippen molar-refractivity contribution in [2.45, 2.75) is 5.41 Å². The third-order valence-electron chi connectivity index (χ3n) is 12.2. The summed E-state index contributed by atoms with van der Waals surface area (Å²) in [6, 6.07) is 81.4. The average molecular weight is 756 g/mol. The molecule has 0 saturated carbocycles. The Kier molecular flexibility index (Phi) is 8.30. The second kappa shape index (κ2) is 14.1. The van der Waals surface area contributed by atoms with Crippen molar-refractivity contribution in [1.29, 1.82) is 0 Å². The first kappa shape index (κ1) is 34.7. The second-order valence-electron chi connectivity index (χ2n) is 15.3. The number of rotatable bonds is 7. The van der Waals surface area contributed by atoms with Crippen LogP contribution in [0.2, 0.25) is 0 Å². The third-order valence-corrected chi connectivity index (χ3v) is 12.2. The van der Waals surface area contributed by atoms with Gasteiger partial charge in [-0.05, 0) is 126 Å². The Labute approximate surface area is 343 Å². The van der Waals surface area contributed by atoms with E-state index in [0.717, 1.165) is 22.6 Å². The molecule has 1 aliphatic carbocycles. The fourth-order valence-corrected chi connectivity index (χ4v) is 9.76. The molecule has 0 unspecified atom stereocenters. The maximum absolute atomic E-state index is 14.7. The molecule has 0 fully saturated rings. The SMILES string of the molecule is Fc1ccc(N(c2cccc(-c3c(-c4ccccc4)c4ccccc4c4ccccc34)c2)c2ccc3c(c2)C(c2ccccc2)(c2ccccc2)c2ccccc2-3)cc1. The minimum Gasteiger partial charge on any atom is -0.310 e. The zero-order chi connectivity index (χ0) is 39.3. The van der Waals surface area contributed by atoms with Crippen molar-refractivity contribution in [2.75, 3.05) is 4.90 Å². The van der Waals surface area contributed by atoms with Crippen LogP contribution in [-0.2, 0) is 5.41 Å². The molecule has 10 aromatic carbocycles. The van der Waals surface area contributed by atoms with E-state index in [1.807, 2.05) is 12.1 Å². The molecular weight excluding hydrogens is 718 g/mol. The van der Waals surface area contributed by atoms with Crippen molar-refractivity contribution in [3.05, 3.63) is 259 Å². The van der Waals surface area contributed by atoms with E-state index in [1.54, 1.807) is 12.1 Å². The molecule has 1 aliphatic rings. The topological polar surface area (TPSA) is 3.24 Å². The molecule has 0 amide bonds. The van der Waals surface area contributed by atoms with Gasteiger partial charge in [-0.3, -0.25) is 0 Å². The van der Waals surface area contributed by atoms with Gasteiger partial charge in [-0.15, -0.1) is 0 Å². The van der Waals surface area contributed by atoms with E-state index < -0.39 is 5.41 Å². The lowest BCUT2D eigenvalue weighted by atomic mass is 9.67. The standard InChI is InChI=1S/C57H38FN/c58-43-31-33-44(34-32-43)59(46-35-36-50-49-27-14-15-30-53(49)57(54(50)38-46,41-20-6-2-7-21-41)42-22-8-3-9-23-42)45-24-16-19-40(37-45)56-52-29-13-11-26-48(52)47-25-10-12-28-51(47)55(56)39-17-4-1-5-18-39/h1-38H. The van der Waals surface area contributed by atoms with Crippen molar-refractivity contribution in [1.82, 2.24) is 0 Å². The zero-order valence-corrected chi connectivity index (χ0v) is 32.3. The monoisotopic (exact) mass is 755 g/mol. The molecule has 1 nitrogen and oxygen atoms in total. The van der Waals surface area contributed by atoms with E-state index in [-0.39, 0.29) is 5.82 Å². The predicted molar refractivity (Wildman–Crippen MR) is 244 cm³/mol. The lowest BCUT2D eigenvalue weighted by molar-refractivity contribution is 0.628. The van der Waals surface area contributed by atoms with E-state index in [2.05, 4.69) is 211 Å². The van der Waals surface area contributed by atoms with Crippen LogP contribution in [0.4, 0.5) is 21.5 Å². The number of anilines is 3. The average Bonchev–Trinajstić information content (AvgIpc) is 3.60. The van der Waals surface area contributed by atoms with Crippen LogP contribution in [0.1, 0.15) is 22.3 Å². The molecule has 0 N–H and O–H groups in total. The Morgan fingerprint density at radius 3 is 1.44 bits per heavy atom. The summed E-state index contributed by atoms with van der Waals surface area (Å²) in [5.74, 6) is -0.269. The highest BCUT2D eigenvalue weighted by molar-refractivity contribution is 6.21. The summed E-state index contributed by atoms with van der Waals surface area (Å²) in [6.07, 6.45) is 0. The first-order valence-electron chi connectivity index (χ1n) is 20.2. The number of nitrogens with zero attached hydrogens (tertiary/aromatic N) is 1. The van der Waals surface area contributed by atoms with E-state index in [9.17, 15) is 4.39 Å². The molecule has 0 bridgehead atoms. The number of fused-ring (bicyclic) bond motifs is 6. The number of halogens is 1. The van der Waals surface area contributed by atoms with Crippen LogP contribution in [0.15, 0.2) is 231 Å². The van der Waals surface area contributed by atoms with Gasteiger partial charge in [0.25, 0.3) is 0 Å². The van der Waals surface area contributed by atoms with E-state index in [4.69, 9.17) is 0 Å². The number of benzene rings is 10. The third kappa shape index (κ3) is 5.52. The van der Waals surface area contributed by atoms with Gasteiger partial charge >= 0.3 is 0 Å². The largest absolute Gasteiger partial charge is 0.310 e. The van der Waals surface area contributed by atoms with Gasteiger partial charge in [-0.25, -0.2) is 4.39 Å². The molecule has 0 aliphatic heterocycles. The van der Waals surface area contributed by atoms with Gasteiger partial charge in [0, 0.05) is 17.1 Å². The molecule has 2 heteroatoms. The van der Waals surface area contributed by atoms with E-state index in [1.165, 1.54) is 71.6 Å². The molecule has 0 aromatic heterocycles. The van der Waals surface area contributed by atoms with Crippen LogP contribution >= 0.6 is 0 Å². The van der Waals surface area contributed by atoms with Crippen LogP contribution in [0, 0.1) is 5.82 Å². The molecule has 10 aromatic rings. The molecule has 59 heavy (non-hydrogen) atoms. The number of hydrogen-bond acceptors (Lipinski definition) is 1. The van der Waals surface area contributed by atoms with Crippen molar-refractivity contribution in [3.63, 3.8) is 0 Å². The molecule has 0 spiro atoms. The highest BCUT2D eigenvalue weighted by Gasteiger charge is 2.46. The Morgan fingerprint density at radius 1 is 0.322 bits per heavy atom. The number of hydrogen-bond donors (Lipinski definition) is 0. The first-order valence-corrected chi connectivity index (χ1v) is 20.2. The predicted octanol–water partition coefficient (Wildman–Crippen LogP) is 15.3. The Hall–Kier alpha value is -7.55. The molecule has 0 heterocycles. The van der Waals surface area contributed by atoms with Crippen LogP contribution in [0.3, 0.4) is 0 Å². The van der Waals surface area contributed by atoms with Crippen molar-refractivity contribution >= 4 is 38.6 Å². The Balaban J connectivity index is 1.18. The summed E-state index contributed by atoms with van der Waals surface area (Å²) in [5, 5.41) is 4.86. The summed E-state index contributed by atoms with van der Waals surface area (Å²) < 4.78 is 14.7. The van der Waals surface area contributed by atoms with Gasteiger partial charge in [0.1, 0.15) is 5.82 Å². The summed E-state index contributed by atoms with van der Waals surface area (Å²) in [6.45, 7) is 0. The van der Waals surface area contributed by atoms with Crippen LogP contribution < -0.4 is 4.90 Å². The van der Waals surface area contributed by atoms with Crippen molar-refractivity contribution in [3.8, 4) is 33.4 Å².